The number of carboxylic acids is 1. The highest BCUT2D eigenvalue weighted by molar-refractivity contribution is 5.87. The SMILES string of the molecule is O=C(O)C1CN(C(=O)C2CC2c2ccc3ccccc3c2)CC1c1ccccc1. The lowest BCUT2D eigenvalue weighted by atomic mass is 9.89. The van der Waals surface area contributed by atoms with Gasteiger partial charge in [-0.15, -0.1) is 0 Å². The smallest absolute Gasteiger partial charge is 0.308 e. The van der Waals surface area contributed by atoms with Gasteiger partial charge in [-0.1, -0.05) is 72.8 Å². The van der Waals surface area contributed by atoms with Gasteiger partial charge in [-0.05, 0) is 34.2 Å². The van der Waals surface area contributed by atoms with Gasteiger partial charge in [0.15, 0.2) is 0 Å². The average Bonchev–Trinajstić information content (AvgIpc) is 3.43. The maximum absolute atomic E-state index is 13.1. The van der Waals surface area contributed by atoms with Crippen molar-refractivity contribution in [1.29, 1.82) is 0 Å². The molecule has 0 radical (unpaired) electrons. The lowest BCUT2D eigenvalue weighted by Crippen LogP contribution is -2.31. The quantitative estimate of drug-likeness (QED) is 0.730. The second-order valence-electron chi connectivity index (χ2n) is 8.26. The van der Waals surface area contributed by atoms with Gasteiger partial charge < -0.3 is 10.0 Å². The third-order valence-corrected chi connectivity index (χ3v) is 6.49. The van der Waals surface area contributed by atoms with E-state index in [9.17, 15) is 14.7 Å². The molecule has 3 aromatic rings. The average molecular weight is 385 g/mol. The Labute approximate surface area is 169 Å². The molecule has 4 heteroatoms. The second kappa shape index (κ2) is 7.03. The highest BCUT2D eigenvalue weighted by Crippen LogP contribution is 2.50. The molecule has 0 spiro atoms. The van der Waals surface area contributed by atoms with Crippen LogP contribution in [0.4, 0.5) is 0 Å². The van der Waals surface area contributed by atoms with Gasteiger partial charge in [-0.25, -0.2) is 0 Å². The van der Waals surface area contributed by atoms with E-state index in [-0.39, 0.29) is 23.7 Å². The summed E-state index contributed by atoms with van der Waals surface area (Å²) >= 11 is 0. The van der Waals surface area contributed by atoms with Crippen LogP contribution in [0.2, 0.25) is 0 Å². The van der Waals surface area contributed by atoms with E-state index in [4.69, 9.17) is 0 Å². The van der Waals surface area contributed by atoms with Crippen molar-refractivity contribution in [3.8, 4) is 0 Å². The summed E-state index contributed by atoms with van der Waals surface area (Å²) in [4.78, 5) is 26.7. The van der Waals surface area contributed by atoms with Gasteiger partial charge in [0.2, 0.25) is 5.91 Å². The molecule has 1 N–H and O–H groups in total. The minimum atomic E-state index is -0.823. The summed E-state index contributed by atoms with van der Waals surface area (Å²) in [6, 6.07) is 24.4. The maximum atomic E-state index is 13.1. The van der Waals surface area contributed by atoms with E-state index in [2.05, 4.69) is 30.3 Å². The Balaban J connectivity index is 1.32. The van der Waals surface area contributed by atoms with Crippen molar-refractivity contribution in [1.82, 2.24) is 4.90 Å². The van der Waals surface area contributed by atoms with Crippen LogP contribution in [0.5, 0.6) is 0 Å². The lowest BCUT2D eigenvalue weighted by Gasteiger charge is -2.17. The third-order valence-electron chi connectivity index (χ3n) is 6.49. The second-order valence-corrected chi connectivity index (χ2v) is 8.26. The Morgan fingerprint density at radius 2 is 1.48 bits per heavy atom. The number of amides is 1. The van der Waals surface area contributed by atoms with Crippen LogP contribution in [0.25, 0.3) is 10.8 Å². The number of hydrogen-bond donors (Lipinski definition) is 1. The van der Waals surface area contributed by atoms with Crippen LogP contribution in [0.15, 0.2) is 72.8 Å². The fourth-order valence-corrected chi connectivity index (χ4v) is 4.78. The van der Waals surface area contributed by atoms with E-state index in [0.717, 1.165) is 12.0 Å². The molecule has 0 aromatic heterocycles. The number of fused-ring (bicyclic) bond motifs is 1. The van der Waals surface area contributed by atoms with Crippen molar-refractivity contribution < 1.29 is 14.7 Å². The zero-order valence-corrected chi connectivity index (χ0v) is 16.1. The molecule has 1 amide bonds. The van der Waals surface area contributed by atoms with Crippen molar-refractivity contribution in [3.63, 3.8) is 0 Å². The summed E-state index contributed by atoms with van der Waals surface area (Å²) in [5.74, 6) is -1.19. The maximum Gasteiger partial charge on any atom is 0.308 e. The molecule has 146 valence electrons. The predicted octanol–water partition coefficient (Wildman–Crippen LogP) is 4.27. The highest BCUT2D eigenvalue weighted by Gasteiger charge is 2.49. The fraction of sp³-hybridized carbons (Fsp3) is 0.280. The summed E-state index contributed by atoms with van der Waals surface area (Å²) in [6.45, 7) is 0.787. The molecule has 1 saturated heterocycles. The third kappa shape index (κ3) is 3.29. The Kier molecular flexibility index (Phi) is 4.35. The van der Waals surface area contributed by atoms with Gasteiger partial charge in [0.05, 0.1) is 5.92 Å². The number of rotatable bonds is 4. The van der Waals surface area contributed by atoms with Crippen molar-refractivity contribution in [2.75, 3.05) is 13.1 Å². The van der Waals surface area contributed by atoms with Crippen LogP contribution in [0, 0.1) is 11.8 Å². The molecule has 1 aliphatic carbocycles. The first-order valence-electron chi connectivity index (χ1n) is 10.2. The van der Waals surface area contributed by atoms with Crippen LogP contribution in [0.3, 0.4) is 0 Å². The lowest BCUT2D eigenvalue weighted by molar-refractivity contribution is -0.142. The summed E-state index contributed by atoms with van der Waals surface area (Å²) in [6.07, 6.45) is 0.849. The molecular weight excluding hydrogens is 362 g/mol. The van der Waals surface area contributed by atoms with Crippen LogP contribution in [-0.2, 0) is 9.59 Å². The molecule has 2 fully saturated rings. The molecule has 0 bridgehead atoms. The summed E-state index contributed by atoms with van der Waals surface area (Å²) in [5, 5.41) is 12.1. The minimum absolute atomic E-state index is 0.0277. The van der Waals surface area contributed by atoms with E-state index in [1.165, 1.54) is 16.3 Å². The molecule has 2 aliphatic rings. The molecular formula is C25H23NO3. The molecule has 4 unspecified atom stereocenters. The van der Waals surface area contributed by atoms with Gasteiger partial charge in [0, 0.05) is 24.9 Å². The summed E-state index contributed by atoms with van der Waals surface area (Å²) < 4.78 is 0. The van der Waals surface area contributed by atoms with Gasteiger partial charge in [0.25, 0.3) is 0 Å². The van der Waals surface area contributed by atoms with E-state index >= 15 is 0 Å². The normalized spacial score (nSPS) is 25.9. The van der Waals surface area contributed by atoms with Crippen LogP contribution >= 0.6 is 0 Å². The summed E-state index contributed by atoms with van der Waals surface area (Å²) in [7, 11) is 0. The van der Waals surface area contributed by atoms with Crippen molar-refractivity contribution in [2.24, 2.45) is 11.8 Å². The first-order chi connectivity index (χ1) is 14.1. The van der Waals surface area contributed by atoms with E-state index in [0.29, 0.717) is 13.1 Å². The zero-order chi connectivity index (χ0) is 20.0. The van der Waals surface area contributed by atoms with E-state index in [1.54, 1.807) is 4.90 Å². The van der Waals surface area contributed by atoms with Gasteiger partial charge in [-0.3, -0.25) is 9.59 Å². The topological polar surface area (TPSA) is 57.6 Å². The number of carbonyl (C=O) groups is 2. The minimum Gasteiger partial charge on any atom is -0.481 e. The van der Waals surface area contributed by atoms with E-state index in [1.807, 2.05) is 42.5 Å². The molecule has 1 aliphatic heterocycles. The van der Waals surface area contributed by atoms with Gasteiger partial charge in [-0.2, -0.15) is 0 Å². The Morgan fingerprint density at radius 1 is 0.759 bits per heavy atom. The number of carboxylic acid groups (broad SMARTS) is 1. The number of carbonyl (C=O) groups excluding carboxylic acids is 1. The number of benzene rings is 3. The van der Waals surface area contributed by atoms with Crippen LogP contribution in [-0.4, -0.2) is 35.0 Å². The van der Waals surface area contributed by atoms with Crippen LogP contribution < -0.4 is 0 Å². The van der Waals surface area contributed by atoms with E-state index < -0.39 is 11.9 Å². The Bertz CT molecular complexity index is 1080. The van der Waals surface area contributed by atoms with Gasteiger partial charge in [0.1, 0.15) is 0 Å². The Hall–Kier alpha value is -3.14. The Morgan fingerprint density at radius 3 is 2.24 bits per heavy atom. The number of aliphatic carboxylic acids is 1. The van der Waals surface area contributed by atoms with Crippen LogP contribution in [0.1, 0.15) is 29.4 Å². The summed E-state index contributed by atoms with van der Waals surface area (Å²) in [5.41, 5.74) is 2.20. The first-order valence-corrected chi connectivity index (χ1v) is 10.2. The standard InChI is InChI=1S/C25H23NO3/c27-24(21-13-20(21)19-11-10-16-6-4-5-9-18(16)12-19)26-14-22(23(15-26)25(28)29)17-7-2-1-3-8-17/h1-12,20-23H,13-15H2,(H,28,29). The zero-order valence-electron chi connectivity index (χ0n) is 16.1. The fourth-order valence-electron chi connectivity index (χ4n) is 4.78. The van der Waals surface area contributed by atoms with Crippen molar-refractivity contribution in [3.05, 3.63) is 83.9 Å². The van der Waals surface area contributed by atoms with Crippen molar-refractivity contribution >= 4 is 22.6 Å². The first kappa shape index (κ1) is 17.9. The van der Waals surface area contributed by atoms with Crippen molar-refractivity contribution in [2.45, 2.75) is 18.3 Å². The monoisotopic (exact) mass is 385 g/mol. The number of likely N-dealkylation sites (tertiary alicyclic amines) is 1. The largest absolute Gasteiger partial charge is 0.481 e. The predicted molar refractivity (Wildman–Crippen MR) is 112 cm³/mol. The molecule has 5 rings (SSSR count). The van der Waals surface area contributed by atoms with Gasteiger partial charge >= 0.3 is 5.97 Å². The molecule has 4 nitrogen and oxygen atoms in total. The highest BCUT2D eigenvalue weighted by atomic mass is 16.4. The number of nitrogens with zero attached hydrogens (tertiary/aromatic N) is 1. The molecule has 1 saturated carbocycles. The molecule has 4 atom stereocenters. The number of hydrogen-bond acceptors (Lipinski definition) is 2. The molecule has 29 heavy (non-hydrogen) atoms. The molecule has 1 heterocycles. The molecule has 3 aromatic carbocycles.